The fourth-order valence-corrected chi connectivity index (χ4v) is 20.4. The monoisotopic (exact) mass is 837 g/mol. The molecule has 6 saturated carbocycles. The molecule has 0 spiro atoms. The van der Waals surface area contributed by atoms with Crippen molar-refractivity contribution in [2.45, 2.75) is 227 Å². The van der Waals surface area contributed by atoms with E-state index in [-0.39, 0.29) is 24.8 Å². The van der Waals surface area contributed by atoms with Crippen LogP contribution in [0.4, 0.5) is 0 Å². The van der Waals surface area contributed by atoms with Gasteiger partial charge in [0, 0.05) is 0 Å². The molecule has 0 unspecified atom stereocenters. The average Bonchev–Trinajstić information content (AvgIpc) is 3.16. The molecular weight excluding hydrogens is 762 g/mol. The zero-order valence-electron chi connectivity index (χ0n) is 31.3. The molecule has 0 atom stereocenters. The Hall–Kier alpha value is 1.02. The fourth-order valence-electron chi connectivity index (χ4n) is 10.7. The first-order valence-electron chi connectivity index (χ1n) is 21.2. The second kappa shape index (κ2) is 26.7. The van der Waals surface area contributed by atoms with Gasteiger partial charge in [-0.15, -0.1) is 24.8 Å². The van der Waals surface area contributed by atoms with Crippen molar-refractivity contribution in [1.29, 1.82) is 0 Å². The van der Waals surface area contributed by atoms with Crippen molar-refractivity contribution in [2.24, 2.45) is 0 Å². The van der Waals surface area contributed by atoms with Crippen LogP contribution >= 0.6 is 40.7 Å². The molecule has 1 aromatic rings. The van der Waals surface area contributed by atoms with Gasteiger partial charge in [0.2, 0.25) is 0 Å². The molecule has 6 aliphatic rings. The van der Waals surface area contributed by atoms with Gasteiger partial charge in [-0.25, -0.2) is 0 Å². The van der Waals surface area contributed by atoms with Crippen LogP contribution < -0.4 is 0 Å². The molecule has 0 bridgehead atoms. The van der Waals surface area contributed by atoms with E-state index in [9.17, 15) is 0 Å². The number of rotatable bonds is 7. The third kappa shape index (κ3) is 15.4. The van der Waals surface area contributed by atoms with E-state index >= 15 is 0 Å². The molecule has 283 valence electrons. The Balaban J connectivity index is 0.000000207. The van der Waals surface area contributed by atoms with Gasteiger partial charge in [-0.2, -0.15) is 0 Å². The molecule has 49 heavy (non-hydrogen) atoms. The van der Waals surface area contributed by atoms with Gasteiger partial charge in [0.05, 0.1) is 0 Å². The first-order chi connectivity index (χ1) is 23.3. The van der Waals surface area contributed by atoms with E-state index in [4.69, 9.17) is 0 Å². The van der Waals surface area contributed by atoms with E-state index in [1.165, 1.54) is 78.0 Å². The van der Waals surface area contributed by atoms with Crippen LogP contribution in [0, 0.1) is 0 Å². The predicted octanol–water partition coefficient (Wildman–Crippen LogP) is 16.0. The topological polar surface area (TPSA) is 0 Å². The van der Waals surface area contributed by atoms with Gasteiger partial charge >= 0.3 is 64.9 Å². The van der Waals surface area contributed by atoms with E-state index in [1.54, 1.807) is 154 Å². The molecule has 0 saturated heterocycles. The summed E-state index contributed by atoms with van der Waals surface area (Å²) in [7, 11) is 0.770. The second-order valence-electron chi connectivity index (χ2n) is 16.3. The number of hydrogen-bond donors (Lipinski definition) is 0. The maximum atomic E-state index is 2.46. The van der Waals surface area contributed by atoms with Crippen molar-refractivity contribution in [1.82, 2.24) is 0 Å². The summed E-state index contributed by atoms with van der Waals surface area (Å²) in [6, 6.07) is 10.2. The normalized spacial score (nSPS) is 24.3. The van der Waals surface area contributed by atoms with Gasteiger partial charge in [-0.3, -0.25) is 0 Å². The molecular formula is C44H75Cl2P2Ru. The molecule has 0 heterocycles. The Labute approximate surface area is 330 Å². The van der Waals surface area contributed by atoms with Gasteiger partial charge in [-0.1, -0.05) is 131 Å². The fraction of sp³-hybridized carbons (Fsp3) is 0.818. The van der Waals surface area contributed by atoms with Crippen molar-refractivity contribution in [3.63, 3.8) is 0 Å². The molecule has 5 heteroatoms. The van der Waals surface area contributed by atoms with Gasteiger partial charge in [0.25, 0.3) is 0 Å². The first kappa shape index (κ1) is 44.4. The van der Waals surface area contributed by atoms with Gasteiger partial charge in [0.15, 0.2) is 0 Å². The molecule has 0 nitrogen and oxygen atoms in total. The predicted molar refractivity (Wildman–Crippen MR) is 225 cm³/mol. The van der Waals surface area contributed by atoms with Crippen molar-refractivity contribution < 1.29 is 18.3 Å². The van der Waals surface area contributed by atoms with Crippen LogP contribution in [0.3, 0.4) is 0 Å². The number of halogens is 2. The summed E-state index contributed by atoms with van der Waals surface area (Å²) in [5.74, 6) is 0. The Morgan fingerprint density at radius 1 is 0.367 bits per heavy atom. The van der Waals surface area contributed by atoms with Crippen molar-refractivity contribution >= 4 is 46.7 Å². The van der Waals surface area contributed by atoms with E-state index in [0.717, 1.165) is 0 Å². The van der Waals surface area contributed by atoms with Gasteiger partial charge < -0.3 is 0 Å². The molecule has 1 aromatic carbocycles. The van der Waals surface area contributed by atoms with Crippen molar-refractivity contribution in [3.05, 3.63) is 40.6 Å². The molecule has 0 amide bonds. The SMILES string of the molecule is C1CCC(P(C2CCCCC2)C2CCCCC2)CC1.C1CCC(P(C2CCCCC2)C2CCCCC2)CC1.Cl.Cl.[Ru][CH]=Cc1ccccc1. The quantitative estimate of drug-likeness (QED) is 0.190. The van der Waals surface area contributed by atoms with E-state index in [1.807, 2.05) is 22.9 Å². The van der Waals surface area contributed by atoms with E-state index in [0.29, 0.717) is 15.8 Å². The van der Waals surface area contributed by atoms with Crippen LogP contribution in [0.25, 0.3) is 6.08 Å². The Morgan fingerprint density at radius 3 is 0.796 bits per heavy atom. The van der Waals surface area contributed by atoms with E-state index < -0.39 is 0 Å². The maximum absolute atomic E-state index is 2.46. The molecule has 6 aliphatic carbocycles. The Bertz CT molecular complexity index is 799. The molecule has 0 radical (unpaired) electrons. The molecule has 0 N–H and O–H groups in total. The van der Waals surface area contributed by atoms with Crippen LogP contribution in [-0.2, 0) is 18.3 Å². The van der Waals surface area contributed by atoms with Crippen molar-refractivity contribution in [2.75, 3.05) is 0 Å². The molecule has 7 rings (SSSR count). The second-order valence-corrected chi connectivity index (χ2v) is 23.1. The van der Waals surface area contributed by atoms with Crippen LogP contribution in [0.5, 0.6) is 0 Å². The van der Waals surface area contributed by atoms with Crippen LogP contribution in [0.2, 0.25) is 0 Å². The summed E-state index contributed by atoms with van der Waals surface area (Å²) in [4.78, 5) is 0. The van der Waals surface area contributed by atoms with Gasteiger partial charge in [-0.05, 0) is 111 Å². The molecule has 0 aromatic heterocycles. The third-order valence-corrected chi connectivity index (χ3v) is 21.5. The van der Waals surface area contributed by atoms with Crippen molar-refractivity contribution in [3.8, 4) is 0 Å². The Kier molecular flexibility index (Phi) is 24.2. The Morgan fingerprint density at radius 2 is 0.592 bits per heavy atom. The van der Waals surface area contributed by atoms with E-state index in [2.05, 4.69) is 36.5 Å². The van der Waals surface area contributed by atoms with Crippen LogP contribution in [-0.4, -0.2) is 34.0 Å². The zero-order chi connectivity index (χ0) is 32.4. The minimum atomic E-state index is 0. The average molecular weight is 838 g/mol. The number of benzene rings is 1. The summed E-state index contributed by atoms with van der Waals surface area (Å²) < 4.78 is 1.97. The standard InChI is InChI=1S/2C18H33P.C8H7.2ClH.Ru/c2*1-4-10-16(11-5-1)19(17-12-6-2-7-13-17)18-14-8-3-9-15-18;1-2-8-6-4-3-5-7-8;;;/h2*16-18H,1-15H2;1-7H;2*1H;. The number of hydrogen-bond acceptors (Lipinski definition) is 0. The zero-order valence-corrected chi connectivity index (χ0v) is 36.4. The van der Waals surface area contributed by atoms with Crippen LogP contribution in [0.1, 0.15) is 198 Å². The summed E-state index contributed by atoms with van der Waals surface area (Å²) in [6.07, 6.45) is 49.3. The van der Waals surface area contributed by atoms with Crippen LogP contribution in [0.15, 0.2) is 35.0 Å². The molecule has 6 fully saturated rings. The minimum absolute atomic E-state index is 0. The third-order valence-electron chi connectivity index (χ3n) is 13.0. The summed E-state index contributed by atoms with van der Waals surface area (Å²) >= 11 is 2.46. The van der Waals surface area contributed by atoms with Gasteiger partial charge in [0.1, 0.15) is 0 Å². The summed E-state index contributed by atoms with van der Waals surface area (Å²) in [6.45, 7) is 0. The molecule has 0 aliphatic heterocycles. The summed E-state index contributed by atoms with van der Waals surface area (Å²) in [5.41, 5.74) is 8.38. The first-order valence-corrected chi connectivity index (χ1v) is 25.3. The summed E-state index contributed by atoms with van der Waals surface area (Å²) in [5, 5.41) is 0.